The van der Waals surface area contributed by atoms with Crippen molar-refractivity contribution in [2.45, 2.75) is 52.0 Å². The Hall–Kier alpha value is -2.02. The van der Waals surface area contributed by atoms with Gasteiger partial charge in [-0.3, -0.25) is 4.79 Å². The number of thiazole rings is 1. The molecule has 0 spiro atoms. The van der Waals surface area contributed by atoms with Crippen LogP contribution in [0.2, 0.25) is 0 Å². The average Bonchev–Trinajstić information content (AvgIpc) is 3.10. The molecule has 7 heteroatoms. The topological polar surface area (TPSA) is 79.8 Å². The van der Waals surface area contributed by atoms with Gasteiger partial charge in [0.15, 0.2) is 5.13 Å². The number of aromatic nitrogens is 3. The fourth-order valence-electron chi connectivity index (χ4n) is 2.84. The van der Waals surface area contributed by atoms with E-state index in [1.165, 1.54) is 24.2 Å². The van der Waals surface area contributed by atoms with Crippen LogP contribution in [0, 0.1) is 13.8 Å². The lowest BCUT2D eigenvalue weighted by molar-refractivity contribution is -0.121. The SMILES string of the molecule is Cc1cc(C)nc(Nc2nc(CC(=O)NC3CCCC3)cs2)n1. The minimum atomic E-state index is 0.0522. The van der Waals surface area contributed by atoms with Crippen molar-refractivity contribution in [3.05, 3.63) is 28.5 Å². The Morgan fingerprint density at radius 2 is 1.91 bits per heavy atom. The van der Waals surface area contributed by atoms with Crippen molar-refractivity contribution in [3.63, 3.8) is 0 Å². The zero-order chi connectivity index (χ0) is 16.2. The maximum Gasteiger partial charge on any atom is 0.229 e. The van der Waals surface area contributed by atoms with Crippen molar-refractivity contribution in [1.82, 2.24) is 20.3 Å². The van der Waals surface area contributed by atoms with Gasteiger partial charge in [-0.25, -0.2) is 15.0 Å². The zero-order valence-corrected chi connectivity index (χ0v) is 14.2. The largest absolute Gasteiger partial charge is 0.353 e. The van der Waals surface area contributed by atoms with Gasteiger partial charge in [0.1, 0.15) is 0 Å². The zero-order valence-electron chi connectivity index (χ0n) is 13.4. The van der Waals surface area contributed by atoms with Gasteiger partial charge in [-0.05, 0) is 32.8 Å². The first-order valence-corrected chi connectivity index (χ1v) is 8.79. The number of nitrogens with zero attached hydrogens (tertiary/aromatic N) is 3. The van der Waals surface area contributed by atoms with Crippen LogP contribution in [0.5, 0.6) is 0 Å². The molecule has 0 bridgehead atoms. The van der Waals surface area contributed by atoms with E-state index in [4.69, 9.17) is 0 Å². The predicted molar refractivity (Wildman–Crippen MR) is 91.0 cm³/mol. The molecule has 0 unspecified atom stereocenters. The minimum absolute atomic E-state index is 0.0522. The van der Waals surface area contributed by atoms with Gasteiger partial charge in [0.2, 0.25) is 11.9 Å². The molecule has 2 aromatic rings. The molecule has 2 N–H and O–H groups in total. The van der Waals surface area contributed by atoms with E-state index in [0.29, 0.717) is 23.5 Å². The van der Waals surface area contributed by atoms with Crippen LogP contribution in [0.4, 0.5) is 11.1 Å². The van der Waals surface area contributed by atoms with Gasteiger partial charge in [0.25, 0.3) is 0 Å². The molecule has 6 nitrogen and oxygen atoms in total. The Kier molecular flexibility index (Phi) is 4.85. The number of amides is 1. The summed E-state index contributed by atoms with van der Waals surface area (Å²) < 4.78 is 0. The lowest BCUT2D eigenvalue weighted by atomic mass is 10.2. The summed E-state index contributed by atoms with van der Waals surface area (Å²) in [7, 11) is 0. The number of hydrogen-bond acceptors (Lipinski definition) is 6. The maximum atomic E-state index is 12.0. The molecule has 0 saturated heterocycles. The fourth-order valence-corrected chi connectivity index (χ4v) is 3.54. The molecule has 0 atom stereocenters. The Labute approximate surface area is 139 Å². The number of hydrogen-bond donors (Lipinski definition) is 2. The highest BCUT2D eigenvalue weighted by molar-refractivity contribution is 7.13. The van der Waals surface area contributed by atoms with Crippen LogP contribution in [-0.2, 0) is 11.2 Å². The number of aryl methyl sites for hydroxylation is 2. The summed E-state index contributed by atoms with van der Waals surface area (Å²) in [5, 5.41) is 8.80. The molecule has 2 heterocycles. The first kappa shape index (κ1) is 15.9. The molecule has 1 fully saturated rings. The van der Waals surface area contributed by atoms with Gasteiger partial charge in [0, 0.05) is 22.8 Å². The van der Waals surface area contributed by atoms with Gasteiger partial charge in [-0.15, -0.1) is 11.3 Å². The highest BCUT2D eigenvalue weighted by Crippen LogP contribution is 2.20. The van der Waals surface area contributed by atoms with Gasteiger partial charge in [-0.1, -0.05) is 12.8 Å². The molecule has 2 aromatic heterocycles. The van der Waals surface area contributed by atoms with E-state index in [1.807, 2.05) is 25.3 Å². The third-order valence-electron chi connectivity index (χ3n) is 3.81. The highest BCUT2D eigenvalue weighted by Gasteiger charge is 2.17. The second-order valence-corrected chi connectivity index (χ2v) is 6.83. The summed E-state index contributed by atoms with van der Waals surface area (Å²) in [4.78, 5) is 25.1. The van der Waals surface area contributed by atoms with Gasteiger partial charge < -0.3 is 10.6 Å². The van der Waals surface area contributed by atoms with E-state index in [1.54, 1.807) is 0 Å². The summed E-state index contributed by atoms with van der Waals surface area (Å²) in [6, 6.07) is 2.27. The molecule has 1 amide bonds. The van der Waals surface area contributed by atoms with Crippen LogP contribution in [0.3, 0.4) is 0 Å². The lowest BCUT2D eigenvalue weighted by Gasteiger charge is -2.10. The van der Waals surface area contributed by atoms with Gasteiger partial charge >= 0.3 is 0 Å². The third-order valence-corrected chi connectivity index (χ3v) is 4.62. The van der Waals surface area contributed by atoms with Gasteiger partial charge in [0.05, 0.1) is 12.1 Å². The van der Waals surface area contributed by atoms with Crippen LogP contribution < -0.4 is 10.6 Å². The number of nitrogens with one attached hydrogen (secondary N) is 2. The van der Waals surface area contributed by atoms with E-state index in [9.17, 15) is 4.79 Å². The average molecular weight is 331 g/mol. The highest BCUT2D eigenvalue weighted by atomic mass is 32.1. The van der Waals surface area contributed by atoms with Crippen molar-refractivity contribution < 1.29 is 4.79 Å². The molecule has 3 rings (SSSR count). The van der Waals surface area contributed by atoms with E-state index < -0.39 is 0 Å². The van der Waals surface area contributed by atoms with Crippen molar-refractivity contribution >= 4 is 28.3 Å². The Bertz CT molecular complexity index is 673. The Morgan fingerprint density at radius 1 is 1.22 bits per heavy atom. The van der Waals surface area contributed by atoms with Crippen molar-refractivity contribution in [1.29, 1.82) is 0 Å². The normalized spacial score (nSPS) is 14.9. The number of carbonyl (C=O) groups is 1. The van der Waals surface area contributed by atoms with Crippen LogP contribution in [0.1, 0.15) is 42.8 Å². The number of carbonyl (C=O) groups excluding carboxylic acids is 1. The quantitative estimate of drug-likeness (QED) is 0.880. The molecule has 0 radical (unpaired) electrons. The molecule has 1 aliphatic rings. The standard InChI is InChI=1S/C16H21N5OS/c1-10-7-11(2)18-15(17-10)21-16-20-13(9-23-16)8-14(22)19-12-5-3-4-6-12/h7,9,12H,3-6,8H2,1-2H3,(H,19,22)(H,17,18,20,21). The minimum Gasteiger partial charge on any atom is -0.353 e. The molecule has 122 valence electrons. The second kappa shape index (κ2) is 7.04. The molecule has 1 saturated carbocycles. The number of anilines is 2. The summed E-state index contributed by atoms with van der Waals surface area (Å²) in [6.07, 6.45) is 4.94. The van der Waals surface area contributed by atoms with Crippen LogP contribution in [0.25, 0.3) is 0 Å². The van der Waals surface area contributed by atoms with Gasteiger partial charge in [-0.2, -0.15) is 0 Å². The monoisotopic (exact) mass is 331 g/mol. The summed E-state index contributed by atoms with van der Waals surface area (Å²) >= 11 is 1.46. The second-order valence-electron chi connectivity index (χ2n) is 5.97. The fraction of sp³-hybridized carbons (Fsp3) is 0.500. The van der Waals surface area contributed by atoms with E-state index >= 15 is 0 Å². The predicted octanol–water partition coefficient (Wildman–Crippen LogP) is 2.89. The maximum absolute atomic E-state index is 12.0. The molecule has 1 aliphatic carbocycles. The summed E-state index contributed by atoms with van der Waals surface area (Å²) in [6.45, 7) is 3.86. The van der Waals surface area contributed by atoms with Crippen molar-refractivity contribution in [2.24, 2.45) is 0 Å². The van der Waals surface area contributed by atoms with E-state index in [-0.39, 0.29) is 5.91 Å². The molecular formula is C16H21N5OS. The molecule has 23 heavy (non-hydrogen) atoms. The first-order valence-electron chi connectivity index (χ1n) is 7.91. The third kappa shape index (κ3) is 4.48. The van der Waals surface area contributed by atoms with Crippen molar-refractivity contribution in [2.75, 3.05) is 5.32 Å². The smallest absolute Gasteiger partial charge is 0.229 e. The molecular weight excluding hydrogens is 310 g/mol. The van der Waals surface area contributed by atoms with Crippen LogP contribution in [-0.4, -0.2) is 26.9 Å². The van der Waals surface area contributed by atoms with Crippen LogP contribution in [0.15, 0.2) is 11.4 Å². The first-order chi connectivity index (χ1) is 11.1. The van der Waals surface area contributed by atoms with Crippen LogP contribution >= 0.6 is 11.3 Å². The Balaban J connectivity index is 1.58. The lowest BCUT2D eigenvalue weighted by Crippen LogP contribution is -2.33. The van der Waals surface area contributed by atoms with E-state index in [2.05, 4.69) is 25.6 Å². The van der Waals surface area contributed by atoms with Crippen molar-refractivity contribution in [3.8, 4) is 0 Å². The Morgan fingerprint density at radius 3 is 2.61 bits per heavy atom. The van der Waals surface area contributed by atoms with E-state index in [0.717, 1.165) is 29.9 Å². The summed E-state index contributed by atoms with van der Waals surface area (Å²) in [5.41, 5.74) is 2.60. The summed E-state index contributed by atoms with van der Waals surface area (Å²) in [5.74, 6) is 0.593. The molecule has 0 aromatic carbocycles. The molecule has 0 aliphatic heterocycles. The number of rotatable bonds is 5.